The highest BCUT2D eigenvalue weighted by Gasteiger charge is 2.77. The molecule has 1 atom stereocenters. The SMILES string of the molecule is CC1C(F)(F)C12CCOCC2. The number of halogens is 2. The third-order valence-electron chi connectivity index (χ3n) is 3.34. The molecule has 0 aromatic rings. The van der Waals surface area contributed by atoms with Crippen molar-refractivity contribution in [2.24, 2.45) is 11.3 Å². The molecule has 0 radical (unpaired) electrons. The molecule has 1 spiro atoms. The zero-order valence-corrected chi connectivity index (χ0v) is 6.57. The van der Waals surface area contributed by atoms with Gasteiger partial charge in [0.2, 0.25) is 0 Å². The molecule has 1 aliphatic carbocycles. The average molecular weight is 162 g/mol. The Balaban J connectivity index is 2.13. The molecule has 1 nitrogen and oxygen atoms in total. The predicted molar refractivity (Wildman–Crippen MR) is 36.6 cm³/mol. The summed E-state index contributed by atoms with van der Waals surface area (Å²) in [5, 5.41) is 0. The van der Waals surface area contributed by atoms with Crippen molar-refractivity contribution < 1.29 is 13.5 Å². The molecule has 2 fully saturated rings. The quantitative estimate of drug-likeness (QED) is 0.529. The van der Waals surface area contributed by atoms with Crippen LogP contribution < -0.4 is 0 Å². The molecule has 1 unspecified atom stereocenters. The van der Waals surface area contributed by atoms with Gasteiger partial charge in [0.25, 0.3) is 5.92 Å². The van der Waals surface area contributed by atoms with Crippen molar-refractivity contribution >= 4 is 0 Å². The van der Waals surface area contributed by atoms with Crippen LogP contribution >= 0.6 is 0 Å². The van der Waals surface area contributed by atoms with Gasteiger partial charge in [0.15, 0.2) is 0 Å². The van der Waals surface area contributed by atoms with Gasteiger partial charge in [-0.25, -0.2) is 8.78 Å². The Morgan fingerprint density at radius 2 is 1.73 bits per heavy atom. The molecule has 2 rings (SSSR count). The fourth-order valence-corrected chi connectivity index (χ4v) is 2.21. The molecule has 0 bridgehead atoms. The summed E-state index contributed by atoms with van der Waals surface area (Å²) < 4.78 is 31.1. The highest BCUT2D eigenvalue weighted by atomic mass is 19.3. The highest BCUT2D eigenvalue weighted by molar-refractivity contribution is 5.16. The number of ether oxygens (including phenoxy) is 1. The average Bonchev–Trinajstić information content (AvgIpc) is 2.39. The minimum Gasteiger partial charge on any atom is -0.381 e. The van der Waals surface area contributed by atoms with Crippen LogP contribution in [0.4, 0.5) is 8.78 Å². The third kappa shape index (κ3) is 0.723. The van der Waals surface area contributed by atoms with Crippen molar-refractivity contribution in [3.8, 4) is 0 Å². The van der Waals surface area contributed by atoms with E-state index in [1.54, 1.807) is 6.92 Å². The molecular formula is C8H12F2O. The molecule has 11 heavy (non-hydrogen) atoms. The van der Waals surface area contributed by atoms with E-state index in [4.69, 9.17) is 4.74 Å². The van der Waals surface area contributed by atoms with Gasteiger partial charge in [-0.3, -0.25) is 0 Å². The van der Waals surface area contributed by atoms with Crippen LogP contribution in [-0.4, -0.2) is 19.1 Å². The largest absolute Gasteiger partial charge is 0.381 e. The van der Waals surface area contributed by atoms with Gasteiger partial charge in [-0.2, -0.15) is 0 Å². The summed E-state index contributed by atoms with van der Waals surface area (Å²) in [5.74, 6) is -2.82. The first kappa shape index (κ1) is 7.47. The number of rotatable bonds is 0. The lowest BCUT2D eigenvalue weighted by atomic mass is 9.94. The van der Waals surface area contributed by atoms with Gasteiger partial charge in [0.05, 0.1) is 0 Å². The lowest BCUT2D eigenvalue weighted by Crippen LogP contribution is -2.22. The van der Waals surface area contributed by atoms with Gasteiger partial charge in [0.1, 0.15) is 0 Å². The van der Waals surface area contributed by atoms with Crippen LogP contribution in [0.25, 0.3) is 0 Å². The summed E-state index contributed by atoms with van der Waals surface area (Å²) in [5.41, 5.74) is -0.675. The fraction of sp³-hybridized carbons (Fsp3) is 1.00. The van der Waals surface area contributed by atoms with E-state index in [0.29, 0.717) is 26.1 Å². The van der Waals surface area contributed by atoms with E-state index in [1.807, 2.05) is 0 Å². The maximum atomic E-state index is 13.0. The second-order valence-electron chi connectivity index (χ2n) is 3.61. The molecule has 0 aromatic carbocycles. The zero-order chi connectivity index (χ0) is 8.11. The second kappa shape index (κ2) is 1.94. The molecule has 1 heterocycles. The van der Waals surface area contributed by atoms with Gasteiger partial charge >= 0.3 is 0 Å². The smallest absolute Gasteiger partial charge is 0.257 e. The molecule has 0 amide bonds. The van der Waals surface area contributed by atoms with Gasteiger partial charge in [0, 0.05) is 24.5 Å². The Hall–Kier alpha value is -0.180. The summed E-state index contributed by atoms with van der Waals surface area (Å²) >= 11 is 0. The number of alkyl halides is 2. The monoisotopic (exact) mass is 162 g/mol. The second-order valence-corrected chi connectivity index (χ2v) is 3.61. The first-order chi connectivity index (χ1) is 5.11. The van der Waals surface area contributed by atoms with Crippen LogP contribution in [0.15, 0.2) is 0 Å². The van der Waals surface area contributed by atoms with Gasteiger partial charge < -0.3 is 4.74 Å². The lowest BCUT2D eigenvalue weighted by molar-refractivity contribution is -0.00826. The van der Waals surface area contributed by atoms with Crippen molar-refractivity contribution in [1.82, 2.24) is 0 Å². The Morgan fingerprint density at radius 1 is 1.27 bits per heavy atom. The Kier molecular flexibility index (Phi) is 1.32. The van der Waals surface area contributed by atoms with Crippen LogP contribution in [0.2, 0.25) is 0 Å². The molecule has 1 saturated heterocycles. The van der Waals surface area contributed by atoms with Crippen molar-refractivity contribution in [3.63, 3.8) is 0 Å². The Morgan fingerprint density at radius 3 is 2.00 bits per heavy atom. The lowest BCUT2D eigenvalue weighted by Gasteiger charge is -2.21. The van der Waals surface area contributed by atoms with Crippen LogP contribution in [0.3, 0.4) is 0 Å². The predicted octanol–water partition coefficient (Wildman–Crippen LogP) is 2.07. The van der Waals surface area contributed by atoms with E-state index in [2.05, 4.69) is 0 Å². The molecule has 0 aromatic heterocycles. The molecule has 1 saturated carbocycles. The third-order valence-corrected chi connectivity index (χ3v) is 3.34. The van der Waals surface area contributed by atoms with Gasteiger partial charge in [-0.05, 0) is 12.8 Å². The van der Waals surface area contributed by atoms with E-state index in [1.165, 1.54) is 0 Å². The summed E-state index contributed by atoms with van der Waals surface area (Å²) in [6.07, 6.45) is 1.09. The normalized spacial score (nSPS) is 39.0. The van der Waals surface area contributed by atoms with E-state index in [-0.39, 0.29) is 0 Å². The molecule has 1 aliphatic heterocycles. The standard InChI is InChI=1S/C8H12F2O/c1-6-7(8(6,9)10)2-4-11-5-3-7/h6H,2-5H2,1H3. The fourth-order valence-electron chi connectivity index (χ4n) is 2.21. The van der Waals surface area contributed by atoms with Crippen LogP contribution in [0.5, 0.6) is 0 Å². The summed E-state index contributed by atoms with van der Waals surface area (Å²) in [4.78, 5) is 0. The maximum Gasteiger partial charge on any atom is 0.257 e. The Bertz CT molecular complexity index is 173. The van der Waals surface area contributed by atoms with E-state index >= 15 is 0 Å². The Labute approximate surface area is 64.7 Å². The number of hydrogen-bond acceptors (Lipinski definition) is 1. The maximum absolute atomic E-state index is 13.0. The molecule has 3 heteroatoms. The number of hydrogen-bond donors (Lipinski definition) is 0. The van der Waals surface area contributed by atoms with E-state index < -0.39 is 17.3 Å². The van der Waals surface area contributed by atoms with E-state index in [0.717, 1.165) is 0 Å². The van der Waals surface area contributed by atoms with Crippen molar-refractivity contribution in [3.05, 3.63) is 0 Å². The minimum absolute atomic E-state index is 0.418. The van der Waals surface area contributed by atoms with Crippen LogP contribution in [0.1, 0.15) is 19.8 Å². The minimum atomic E-state index is -2.41. The van der Waals surface area contributed by atoms with E-state index in [9.17, 15) is 8.78 Å². The molecule has 0 N–H and O–H groups in total. The molecular weight excluding hydrogens is 150 g/mol. The van der Waals surface area contributed by atoms with Crippen LogP contribution in [-0.2, 0) is 4.74 Å². The first-order valence-corrected chi connectivity index (χ1v) is 4.07. The topological polar surface area (TPSA) is 9.23 Å². The van der Waals surface area contributed by atoms with Gasteiger partial charge in [-0.15, -0.1) is 0 Å². The zero-order valence-electron chi connectivity index (χ0n) is 6.57. The summed E-state index contributed by atoms with van der Waals surface area (Å²) in [7, 11) is 0. The van der Waals surface area contributed by atoms with Crippen molar-refractivity contribution in [1.29, 1.82) is 0 Å². The summed E-state index contributed by atoms with van der Waals surface area (Å²) in [6, 6.07) is 0. The summed E-state index contributed by atoms with van der Waals surface area (Å²) in [6.45, 7) is 2.67. The first-order valence-electron chi connectivity index (χ1n) is 4.07. The molecule has 2 aliphatic rings. The molecule has 64 valence electrons. The van der Waals surface area contributed by atoms with Crippen molar-refractivity contribution in [2.75, 3.05) is 13.2 Å². The van der Waals surface area contributed by atoms with Crippen molar-refractivity contribution in [2.45, 2.75) is 25.7 Å². The highest BCUT2D eigenvalue weighted by Crippen LogP contribution is 2.70. The van der Waals surface area contributed by atoms with Crippen LogP contribution in [0, 0.1) is 11.3 Å². The van der Waals surface area contributed by atoms with Gasteiger partial charge in [-0.1, -0.05) is 6.92 Å².